The standard InChI is InChI=1S/C19H23N7O2/c1-14-12-26-5-3-15(11-16(26)21-14)22-18(27)19(28)25-9-7-24(8-10-25)13-17-20-4-6-23(17)2/h3-6,11-12H,7-10,13H2,1-2H3,(H,22,27). The van der Waals surface area contributed by atoms with Crippen molar-refractivity contribution in [1.82, 2.24) is 28.7 Å². The molecule has 4 heterocycles. The number of aryl methyl sites for hydroxylation is 2. The van der Waals surface area contributed by atoms with E-state index in [2.05, 4.69) is 20.2 Å². The number of amides is 2. The third-order valence-electron chi connectivity index (χ3n) is 4.98. The number of carbonyl (C=O) groups is 2. The lowest BCUT2D eigenvalue weighted by molar-refractivity contribution is -0.144. The summed E-state index contributed by atoms with van der Waals surface area (Å²) in [6.07, 6.45) is 7.41. The topological polar surface area (TPSA) is 87.8 Å². The maximum atomic E-state index is 12.5. The molecule has 3 aromatic heterocycles. The summed E-state index contributed by atoms with van der Waals surface area (Å²) in [6.45, 7) is 5.12. The Morgan fingerprint density at radius 3 is 2.68 bits per heavy atom. The fourth-order valence-electron chi connectivity index (χ4n) is 3.37. The van der Waals surface area contributed by atoms with Gasteiger partial charge in [-0.05, 0) is 13.0 Å². The van der Waals surface area contributed by atoms with Crippen molar-refractivity contribution in [2.45, 2.75) is 13.5 Å². The van der Waals surface area contributed by atoms with Crippen LogP contribution in [-0.2, 0) is 23.2 Å². The number of rotatable bonds is 3. The average Bonchev–Trinajstić information content (AvgIpc) is 3.25. The Bertz CT molecular complexity index is 1010. The molecular formula is C19H23N7O2. The summed E-state index contributed by atoms with van der Waals surface area (Å²) < 4.78 is 3.86. The molecule has 1 saturated heterocycles. The number of aromatic nitrogens is 4. The summed E-state index contributed by atoms with van der Waals surface area (Å²) >= 11 is 0. The monoisotopic (exact) mass is 381 g/mol. The van der Waals surface area contributed by atoms with Crippen molar-refractivity contribution >= 4 is 23.1 Å². The molecule has 4 rings (SSSR count). The normalized spacial score (nSPS) is 15.1. The largest absolute Gasteiger partial charge is 0.337 e. The smallest absolute Gasteiger partial charge is 0.313 e. The van der Waals surface area contributed by atoms with Crippen molar-refractivity contribution < 1.29 is 9.59 Å². The Morgan fingerprint density at radius 1 is 1.18 bits per heavy atom. The third-order valence-corrected chi connectivity index (χ3v) is 4.98. The van der Waals surface area contributed by atoms with Crippen LogP contribution in [0.1, 0.15) is 11.5 Å². The highest BCUT2D eigenvalue weighted by Crippen LogP contribution is 2.13. The van der Waals surface area contributed by atoms with E-state index < -0.39 is 11.8 Å². The Hall–Kier alpha value is -3.20. The number of piperazine rings is 1. The fraction of sp³-hybridized carbons (Fsp3) is 0.368. The van der Waals surface area contributed by atoms with E-state index in [4.69, 9.17) is 0 Å². The molecule has 0 saturated carbocycles. The number of imidazole rings is 2. The van der Waals surface area contributed by atoms with Crippen LogP contribution in [0.25, 0.3) is 5.65 Å². The minimum Gasteiger partial charge on any atom is -0.337 e. The molecule has 0 aliphatic carbocycles. The summed E-state index contributed by atoms with van der Waals surface area (Å²) in [5, 5.41) is 2.69. The van der Waals surface area contributed by atoms with Crippen LogP contribution in [0.4, 0.5) is 5.69 Å². The minimum atomic E-state index is -0.620. The number of nitrogens with one attached hydrogen (secondary N) is 1. The highest BCUT2D eigenvalue weighted by molar-refractivity contribution is 6.39. The number of hydrogen-bond donors (Lipinski definition) is 1. The van der Waals surface area contributed by atoms with E-state index in [1.807, 2.05) is 41.5 Å². The summed E-state index contributed by atoms with van der Waals surface area (Å²) in [7, 11) is 1.97. The molecule has 146 valence electrons. The van der Waals surface area contributed by atoms with Gasteiger partial charge in [0.05, 0.1) is 12.2 Å². The molecule has 2 amide bonds. The van der Waals surface area contributed by atoms with Gasteiger partial charge in [0.1, 0.15) is 11.5 Å². The molecule has 0 atom stereocenters. The number of carbonyl (C=O) groups excluding carboxylic acids is 2. The van der Waals surface area contributed by atoms with Gasteiger partial charge in [-0.15, -0.1) is 0 Å². The van der Waals surface area contributed by atoms with Gasteiger partial charge in [0.25, 0.3) is 0 Å². The predicted molar refractivity (Wildman–Crippen MR) is 104 cm³/mol. The summed E-state index contributed by atoms with van der Waals surface area (Å²) in [5.41, 5.74) is 2.18. The molecule has 1 fully saturated rings. The van der Waals surface area contributed by atoms with Gasteiger partial charge in [-0.1, -0.05) is 0 Å². The van der Waals surface area contributed by atoms with Gasteiger partial charge < -0.3 is 19.2 Å². The van der Waals surface area contributed by atoms with E-state index in [9.17, 15) is 9.59 Å². The van der Waals surface area contributed by atoms with Crippen molar-refractivity contribution in [3.05, 3.63) is 48.4 Å². The van der Waals surface area contributed by atoms with E-state index in [1.54, 1.807) is 23.2 Å². The Labute approximate surface area is 162 Å². The number of nitrogens with zero attached hydrogens (tertiary/aromatic N) is 6. The van der Waals surface area contributed by atoms with Gasteiger partial charge in [0.15, 0.2) is 0 Å². The molecule has 0 aromatic carbocycles. The van der Waals surface area contributed by atoms with E-state index in [0.29, 0.717) is 31.9 Å². The zero-order chi connectivity index (χ0) is 19.7. The number of hydrogen-bond acceptors (Lipinski definition) is 5. The maximum Gasteiger partial charge on any atom is 0.313 e. The summed E-state index contributed by atoms with van der Waals surface area (Å²) in [4.78, 5) is 37.4. The zero-order valence-electron chi connectivity index (χ0n) is 16.0. The first-order valence-corrected chi connectivity index (χ1v) is 9.24. The molecule has 9 heteroatoms. The average molecular weight is 381 g/mol. The van der Waals surface area contributed by atoms with E-state index in [-0.39, 0.29) is 0 Å². The van der Waals surface area contributed by atoms with Gasteiger partial charge in [0, 0.05) is 69.8 Å². The Morgan fingerprint density at radius 2 is 1.96 bits per heavy atom. The second kappa shape index (κ2) is 7.43. The predicted octanol–water partition coefficient (Wildman–Crippen LogP) is 0.659. The van der Waals surface area contributed by atoms with Crippen molar-refractivity contribution in [3.63, 3.8) is 0 Å². The van der Waals surface area contributed by atoms with Gasteiger partial charge in [-0.25, -0.2) is 9.97 Å². The zero-order valence-corrected chi connectivity index (χ0v) is 16.0. The van der Waals surface area contributed by atoms with Crippen molar-refractivity contribution in [2.24, 2.45) is 7.05 Å². The molecular weight excluding hydrogens is 358 g/mol. The van der Waals surface area contributed by atoms with Gasteiger partial charge in [0.2, 0.25) is 0 Å². The minimum absolute atomic E-state index is 0.504. The maximum absolute atomic E-state index is 12.5. The molecule has 28 heavy (non-hydrogen) atoms. The van der Waals surface area contributed by atoms with Gasteiger partial charge >= 0.3 is 11.8 Å². The lowest BCUT2D eigenvalue weighted by atomic mass is 10.3. The molecule has 1 aliphatic heterocycles. The van der Waals surface area contributed by atoms with Crippen LogP contribution in [0, 0.1) is 6.92 Å². The first-order valence-electron chi connectivity index (χ1n) is 9.24. The second-order valence-electron chi connectivity index (χ2n) is 7.04. The molecule has 9 nitrogen and oxygen atoms in total. The number of fused-ring (bicyclic) bond motifs is 1. The molecule has 0 unspecified atom stereocenters. The molecule has 1 aliphatic rings. The van der Waals surface area contributed by atoms with Crippen LogP contribution < -0.4 is 5.32 Å². The lowest BCUT2D eigenvalue weighted by Crippen LogP contribution is -2.51. The Kier molecular flexibility index (Phi) is 4.82. The first-order chi connectivity index (χ1) is 13.5. The van der Waals surface area contributed by atoms with E-state index >= 15 is 0 Å². The van der Waals surface area contributed by atoms with Crippen LogP contribution in [0.3, 0.4) is 0 Å². The molecule has 0 spiro atoms. The second-order valence-corrected chi connectivity index (χ2v) is 7.04. The highest BCUT2D eigenvalue weighted by atomic mass is 16.2. The quantitative estimate of drug-likeness (QED) is 0.674. The van der Waals surface area contributed by atoms with Crippen LogP contribution in [0.5, 0.6) is 0 Å². The van der Waals surface area contributed by atoms with Crippen LogP contribution >= 0.6 is 0 Å². The van der Waals surface area contributed by atoms with Crippen molar-refractivity contribution in [3.8, 4) is 0 Å². The molecule has 0 bridgehead atoms. The summed E-state index contributed by atoms with van der Waals surface area (Å²) in [6, 6.07) is 3.51. The van der Waals surface area contributed by atoms with Crippen LogP contribution in [-0.4, -0.2) is 66.7 Å². The van der Waals surface area contributed by atoms with Crippen molar-refractivity contribution in [2.75, 3.05) is 31.5 Å². The first kappa shape index (κ1) is 18.2. The Balaban J connectivity index is 1.32. The molecule has 3 aromatic rings. The van der Waals surface area contributed by atoms with Gasteiger partial charge in [-0.3, -0.25) is 14.5 Å². The third kappa shape index (κ3) is 3.74. The van der Waals surface area contributed by atoms with E-state index in [1.165, 1.54) is 0 Å². The SMILES string of the molecule is Cc1cn2ccc(NC(=O)C(=O)N3CCN(Cc4nccn4C)CC3)cc2n1. The van der Waals surface area contributed by atoms with Crippen molar-refractivity contribution in [1.29, 1.82) is 0 Å². The molecule has 1 N–H and O–H groups in total. The number of pyridine rings is 1. The van der Waals surface area contributed by atoms with Crippen LogP contribution in [0.2, 0.25) is 0 Å². The van der Waals surface area contributed by atoms with Crippen LogP contribution in [0.15, 0.2) is 36.9 Å². The van der Waals surface area contributed by atoms with Gasteiger partial charge in [-0.2, -0.15) is 0 Å². The lowest BCUT2D eigenvalue weighted by Gasteiger charge is -2.34. The molecule has 0 radical (unpaired) electrons. The summed E-state index contributed by atoms with van der Waals surface area (Å²) in [5.74, 6) is -0.136. The number of anilines is 1. The van der Waals surface area contributed by atoms with E-state index in [0.717, 1.165) is 23.7 Å². The highest BCUT2D eigenvalue weighted by Gasteiger charge is 2.26. The fourth-order valence-corrected chi connectivity index (χ4v) is 3.37.